The molecule has 3 rings (SSSR count). The van der Waals surface area contributed by atoms with Crippen LogP contribution in [0.4, 0.5) is 0 Å². The number of guanidine groups is 1. The second-order valence-corrected chi connectivity index (χ2v) is 6.90. The summed E-state index contributed by atoms with van der Waals surface area (Å²) in [5.74, 6) is 1.87. The van der Waals surface area contributed by atoms with Crippen LogP contribution in [0.15, 0.2) is 15.6 Å². The van der Waals surface area contributed by atoms with E-state index in [1.165, 1.54) is 0 Å². The lowest BCUT2D eigenvalue weighted by Gasteiger charge is -2.40. The zero-order valence-corrected chi connectivity index (χ0v) is 14.3. The lowest BCUT2D eigenvalue weighted by molar-refractivity contribution is -0.0973. The highest BCUT2D eigenvalue weighted by atomic mass is 16.5. The molecule has 0 amide bonds. The van der Waals surface area contributed by atoms with Gasteiger partial charge in [0.25, 0.3) is 0 Å². The van der Waals surface area contributed by atoms with Crippen LogP contribution in [0.25, 0.3) is 0 Å². The highest BCUT2D eigenvalue weighted by Crippen LogP contribution is 2.25. The maximum absolute atomic E-state index is 5.31. The van der Waals surface area contributed by atoms with Crippen molar-refractivity contribution in [2.24, 2.45) is 10.4 Å². The van der Waals surface area contributed by atoms with Gasteiger partial charge < -0.3 is 19.5 Å². The van der Waals surface area contributed by atoms with E-state index < -0.39 is 0 Å². The molecular weight excluding hydrogens is 294 g/mol. The molecule has 0 unspecified atom stereocenters. The minimum absolute atomic E-state index is 0.253. The van der Waals surface area contributed by atoms with Gasteiger partial charge in [-0.25, -0.2) is 0 Å². The Labute approximate surface area is 137 Å². The van der Waals surface area contributed by atoms with Gasteiger partial charge in [-0.05, 0) is 6.92 Å². The van der Waals surface area contributed by atoms with E-state index in [9.17, 15) is 0 Å². The summed E-state index contributed by atoms with van der Waals surface area (Å²) in [4.78, 5) is 9.16. The van der Waals surface area contributed by atoms with E-state index in [0.29, 0.717) is 0 Å². The molecule has 7 nitrogen and oxygen atoms in total. The molecule has 2 aliphatic heterocycles. The maximum atomic E-state index is 5.31. The second kappa shape index (κ2) is 6.88. The highest BCUT2D eigenvalue weighted by Gasteiger charge is 2.33. The normalized spacial score (nSPS) is 22.0. The molecule has 2 aliphatic rings. The summed E-state index contributed by atoms with van der Waals surface area (Å²) < 4.78 is 10.4. The minimum Gasteiger partial charge on any atom is -0.380 e. The van der Waals surface area contributed by atoms with Gasteiger partial charge in [-0.15, -0.1) is 0 Å². The standard InChI is InChI=1S/C16H27N5O2/c1-13-8-14(19-23-13)9-20-4-6-21(7-5-20)15(17-3)18-10-16(2)11-22-12-16/h8H,4-7,9-12H2,1-3H3,(H,17,18). The number of aryl methyl sites for hydroxylation is 1. The Morgan fingerprint density at radius 2 is 2.09 bits per heavy atom. The summed E-state index contributed by atoms with van der Waals surface area (Å²) in [5, 5.41) is 7.57. The Balaban J connectivity index is 1.45. The summed E-state index contributed by atoms with van der Waals surface area (Å²) in [6.07, 6.45) is 0. The fourth-order valence-electron chi connectivity index (χ4n) is 3.02. The van der Waals surface area contributed by atoms with Crippen LogP contribution in [0.5, 0.6) is 0 Å². The van der Waals surface area contributed by atoms with Crippen LogP contribution in [-0.2, 0) is 11.3 Å². The number of aliphatic imine (C=N–C) groups is 1. The zero-order chi connectivity index (χ0) is 16.3. The fourth-order valence-corrected chi connectivity index (χ4v) is 3.02. The number of hydrogen-bond acceptors (Lipinski definition) is 5. The van der Waals surface area contributed by atoms with Crippen molar-refractivity contribution >= 4 is 5.96 Å². The van der Waals surface area contributed by atoms with Gasteiger partial charge in [0.05, 0.1) is 18.9 Å². The van der Waals surface area contributed by atoms with Gasteiger partial charge in [-0.2, -0.15) is 0 Å². The SMILES string of the molecule is CN=C(NCC1(C)COC1)N1CCN(Cc2cc(C)on2)CC1. The number of hydrogen-bond donors (Lipinski definition) is 1. The summed E-state index contributed by atoms with van der Waals surface area (Å²) in [7, 11) is 1.85. The number of nitrogens with zero attached hydrogens (tertiary/aromatic N) is 4. The van der Waals surface area contributed by atoms with Gasteiger partial charge >= 0.3 is 0 Å². The van der Waals surface area contributed by atoms with Crippen LogP contribution in [0.1, 0.15) is 18.4 Å². The molecule has 0 bridgehead atoms. The van der Waals surface area contributed by atoms with Crippen molar-refractivity contribution in [3.8, 4) is 0 Å². The molecule has 0 aromatic carbocycles. The van der Waals surface area contributed by atoms with Crippen LogP contribution in [0.3, 0.4) is 0 Å². The van der Waals surface area contributed by atoms with E-state index in [1.807, 2.05) is 20.0 Å². The molecule has 1 N–H and O–H groups in total. The Morgan fingerprint density at radius 3 is 2.61 bits per heavy atom. The number of rotatable bonds is 4. The molecule has 0 atom stereocenters. The summed E-state index contributed by atoms with van der Waals surface area (Å²) in [5.41, 5.74) is 1.26. The van der Waals surface area contributed by atoms with Crippen molar-refractivity contribution in [3.63, 3.8) is 0 Å². The van der Waals surface area contributed by atoms with Crippen molar-refractivity contribution in [2.75, 3.05) is 53.0 Å². The summed E-state index contributed by atoms with van der Waals surface area (Å²) >= 11 is 0. The van der Waals surface area contributed by atoms with Crippen molar-refractivity contribution in [1.82, 2.24) is 20.3 Å². The van der Waals surface area contributed by atoms with E-state index in [0.717, 1.165) is 69.9 Å². The van der Waals surface area contributed by atoms with Crippen molar-refractivity contribution in [3.05, 3.63) is 17.5 Å². The third kappa shape index (κ3) is 4.03. The molecular formula is C16H27N5O2. The van der Waals surface area contributed by atoms with Gasteiger partial charge in [0.2, 0.25) is 0 Å². The number of piperazine rings is 1. The average Bonchev–Trinajstić information content (AvgIpc) is 2.92. The molecule has 0 saturated carbocycles. The van der Waals surface area contributed by atoms with Gasteiger partial charge in [0, 0.05) is 57.8 Å². The third-order valence-electron chi connectivity index (χ3n) is 4.52. The maximum Gasteiger partial charge on any atom is 0.193 e. The summed E-state index contributed by atoms with van der Waals surface area (Å²) in [6.45, 7) is 11.6. The minimum atomic E-state index is 0.253. The second-order valence-electron chi connectivity index (χ2n) is 6.90. The smallest absolute Gasteiger partial charge is 0.193 e. The molecule has 1 aromatic heterocycles. The van der Waals surface area contributed by atoms with E-state index in [1.54, 1.807) is 0 Å². The van der Waals surface area contributed by atoms with Crippen molar-refractivity contribution in [1.29, 1.82) is 0 Å². The van der Waals surface area contributed by atoms with Gasteiger partial charge in [-0.1, -0.05) is 12.1 Å². The monoisotopic (exact) mass is 321 g/mol. The van der Waals surface area contributed by atoms with E-state index in [2.05, 4.69) is 32.2 Å². The first-order valence-electron chi connectivity index (χ1n) is 8.26. The molecule has 128 valence electrons. The molecule has 7 heteroatoms. The quantitative estimate of drug-likeness (QED) is 0.651. The topological polar surface area (TPSA) is 66.1 Å². The molecule has 23 heavy (non-hydrogen) atoms. The van der Waals surface area contributed by atoms with Crippen molar-refractivity contribution < 1.29 is 9.26 Å². The first-order chi connectivity index (χ1) is 11.1. The third-order valence-corrected chi connectivity index (χ3v) is 4.52. The Kier molecular flexibility index (Phi) is 4.87. The molecule has 3 heterocycles. The van der Waals surface area contributed by atoms with Crippen LogP contribution in [-0.4, -0.2) is 73.9 Å². The van der Waals surface area contributed by atoms with Crippen LogP contribution >= 0.6 is 0 Å². The first kappa shape index (κ1) is 16.3. The number of nitrogens with one attached hydrogen (secondary N) is 1. The Bertz CT molecular complexity index is 544. The molecule has 2 saturated heterocycles. The van der Waals surface area contributed by atoms with Crippen molar-refractivity contribution in [2.45, 2.75) is 20.4 Å². The van der Waals surface area contributed by atoms with Crippen LogP contribution in [0.2, 0.25) is 0 Å². The predicted molar refractivity (Wildman–Crippen MR) is 88.4 cm³/mol. The van der Waals surface area contributed by atoms with E-state index in [-0.39, 0.29) is 5.41 Å². The van der Waals surface area contributed by atoms with Gasteiger partial charge in [0.15, 0.2) is 5.96 Å². The number of aromatic nitrogens is 1. The fraction of sp³-hybridized carbons (Fsp3) is 0.750. The Morgan fingerprint density at radius 1 is 1.35 bits per heavy atom. The summed E-state index contributed by atoms with van der Waals surface area (Å²) in [6, 6.07) is 2.01. The largest absolute Gasteiger partial charge is 0.380 e. The van der Waals surface area contributed by atoms with Gasteiger partial charge in [-0.3, -0.25) is 9.89 Å². The number of ether oxygens (including phenoxy) is 1. The molecule has 0 radical (unpaired) electrons. The molecule has 2 fully saturated rings. The predicted octanol–water partition coefficient (Wildman–Crippen LogP) is 0.713. The zero-order valence-electron chi connectivity index (χ0n) is 14.3. The lowest BCUT2D eigenvalue weighted by Crippen LogP contribution is -2.55. The molecule has 0 spiro atoms. The first-order valence-corrected chi connectivity index (χ1v) is 8.26. The Hall–Kier alpha value is -1.60. The molecule has 1 aromatic rings. The van der Waals surface area contributed by atoms with E-state index in [4.69, 9.17) is 9.26 Å². The van der Waals surface area contributed by atoms with Gasteiger partial charge in [0.1, 0.15) is 5.76 Å². The van der Waals surface area contributed by atoms with Crippen LogP contribution in [0, 0.1) is 12.3 Å². The van der Waals surface area contributed by atoms with E-state index >= 15 is 0 Å². The van der Waals surface area contributed by atoms with Crippen LogP contribution < -0.4 is 5.32 Å². The highest BCUT2D eigenvalue weighted by molar-refractivity contribution is 5.80. The molecule has 0 aliphatic carbocycles. The average molecular weight is 321 g/mol. The lowest BCUT2D eigenvalue weighted by atomic mass is 9.89.